The maximum Gasteiger partial charge on any atom is 0.254 e. The Bertz CT molecular complexity index is 1580. The molecule has 0 unspecified atom stereocenters. The average Bonchev–Trinajstić information content (AvgIpc) is 3.68. The van der Waals surface area contributed by atoms with Crippen molar-refractivity contribution in [2.75, 3.05) is 26.8 Å². The van der Waals surface area contributed by atoms with E-state index >= 15 is 0 Å². The van der Waals surface area contributed by atoms with Crippen LogP contribution in [0.15, 0.2) is 60.7 Å². The van der Waals surface area contributed by atoms with Crippen LogP contribution in [0.5, 0.6) is 0 Å². The molecule has 2 aliphatic rings. The molecule has 1 aliphatic carbocycles. The van der Waals surface area contributed by atoms with Crippen molar-refractivity contribution in [3.8, 4) is 12.3 Å². The first-order valence-electron chi connectivity index (χ1n) is 15.3. The fraction of sp³-hybridized carbons (Fsp3) is 0.389. The van der Waals surface area contributed by atoms with Crippen LogP contribution in [0.1, 0.15) is 68.7 Å². The first kappa shape index (κ1) is 32.3. The molecule has 0 radical (unpaired) electrons. The fourth-order valence-corrected chi connectivity index (χ4v) is 6.23. The summed E-state index contributed by atoms with van der Waals surface area (Å²) in [7, 11) is 1.61. The monoisotopic (exact) mass is 615 g/mol. The predicted octanol–water partition coefficient (Wildman–Crippen LogP) is 4.49. The highest BCUT2D eigenvalue weighted by Gasteiger charge is 2.44. The molecule has 2 fully saturated rings. The summed E-state index contributed by atoms with van der Waals surface area (Å²) in [4.78, 5) is 28.9. The van der Waals surface area contributed by atoms with Crippen LogP contribution < -0.4 is 10.6 Å². The first-order chi connectivity index (χ1) is 21.6. The SMILES string of the molecule is C#Cc1cccc(C2(NC[C@H](O)[C@H](Cc3cc(F)cc(F)c3)NC(=O)c3cc(C)cc(C(=O)N4CCC[C@@H]4COC)c3)CC2)c1. The zero-order valence-corrected chi connectivity index (χ0v) is 25.6. The number of nitrogens with one attached hydrogen (secondary N) is 2. The maximum absolute atomic E-state index is 14.1. The van der Waals surface area contributed by atoms with Crippen molar-refractivity contribution in [2.45, 2.75) is 62.8 Å². The maximum atomic E-state index is 14.1. The summed E-state index contributed by atoms with van der Waals surface area (Å²) < 4.78 is 33.5. The van der Waals surface area contributed by atoms with E-state index in [-0.39, 0.29) is 41.6 Å². The van der Waals surface area contributed by atoms with Crippen molar-refractivity contribution in [3.05, 3.63) is 106 Å². The lowest BCUT2D eigenvalue weighted by molar-refractivity contribution is 0.0630. The Balaban J connectivity index is 1.35. The second-order valence-corrected chi connectivity index (χ2v) is 12.2. The summed E-state index contributed by atoms with van der Waals surface area (Å²) >= 11 is 0. The van der Waals surface area contributed by atoms with Gasteiger partial charge in [-0.05, 0) is 98.2 Å². The van der Waals surface area contributed by atoms with Gasteiger partial charge in [-0.2, -0.15) is 0 Å². The number of aliphatic hydroxyl groups excluding tert-OH is 1. The molecule has 3 atom stereocenters. The number of aryl methyl sites for hydroxylation is 1. The van der Waals surface area contributed by atoms with E-state index in [4.69, 9.17) is 11.2 Å². The molecule has 3 N–H and O–H groups in total. The van der Waals surface area contributed by atoms with E-state index in [9.17, 15) is 23.5 Å². The third-order valence-corrected chi connectivity index (χ3v) is 8.72. The summed E-state index contributed by atoms with van der Waals surface area (Å²) in [5, 5.41) is 17.7. The second-order valence-electron chi connectivity index (χ2n) is 12.2. The van der Waals surface area contributed by atoms with Crippen LogP contribution in [0.3, 0.4) is 0 Å². The van der Waals surface area contributed by atoms with Gasteiger partial charge in [0.05, 0.1) is 24.8 Å². The molecule has 1 heterocycles. The van der Waals surface area contributed by atoms with Crippen LogP contribution in [0.2, 0.25) is 0 Å². The smallest absolute Gasteiger partial charge is 0.254 e. The summed E-state index contributed by atoms with van der Waals surface area (Å²) in [5.41, 5.74) is 3.08. The molecule has 2 amide bonds. The molecule has 9 heteroatoms. The van der Waals surface area contributed by atoms with Gasteiger partial charge in [-0.25, -0.2) is 8.78 Å². The van der Waals surface area contributed by atoms with E-state index in [0.717, 1.165) is 48.4 Å². The minimum atomic E-state index is -1.11. The quantitative estimate of drug-likeness (QED) is 0.262. The van der Waals surface area contributed by atoms with Crippen LogP contribution in [0.25, 0.3) is 0 Å². The Morgan fingerprint density at radius 1 is 1.11 bits per heavy atom. The van der Waals surface area contributed by atoms with E-state index in [1.807, 2.05) is 24.3 Å². The average molecular weight is 616 g/mol. The van der Waals surface area contributed by atoms with E-state index < -0.39 is 29.7 Å². The lowest BCUT2D eigenvalue weighted by atomic mass is 9.98. The molecule has 1 saturated heterocycles. The van der Waals surface area contributed by atoms with Gasteiger partial charge < -0.3 is 25.4 Å². The first-order valence-corrected chi connectivity index (χ1v) is 15.3. The van der Waals surface area contributed by atoms with E-state index in [1.165, 1.54) is 12.1 Å². The number of likely N-dealkylation sites (tertiary alicyclic amines) is 1. The molecule has 236 valence electrons. The van der Waals surface area contributed by atoms with Gasteiger partial charge >= 0.3 is 0 Å². The minimum absolute atomic E-state index is 0.0209. The fourth-order valence-electron chi connectivity index (χ4n) is 6.23. The van der Waals surface area contributed by atoms with Gasteiger partial charge in [0.25, 0.3) is 11.8 Å². The Kier molecular flexibility index (Phi) is 9.98. The van der Waals surface area contributed by atoms with Crippen molar-refractivity contribution in [1.82, 2.24) is 15.5 Å². The molecule has 0 spiro atoms. The zero-order chi connectivity index (χ0) is 32.1. The largest absolute Gasteiger partial charge is 0.390 e. The molecule has 0 bridgehead atoms. The molecule has 3 aromatic carbocycles. The Hall–Kier alpha value is -4.10. The second kappa shape index (κ2) is 13.9. The van der Waals surface area contributed by atoms with Crippen LogP contribution in [-0.2, 0) is 16.7 Å². The number of hydrogen-bond donors (Lipinski definition) is 3. The topological polar surface area (TPSA) is 90.9 Å². The van der Waals surface area contributed by atoms with Gasteiger partial charge in [0.1, 0.15) is 11.6 Å². The highest BCUT2D eigenvalue weighted by Crippen LogP contribution is 2.45. The van der Waals surface area contributed by atoms with Crippen LogP contribution in [0.4, 0.5) is 8.78 Å². The highest BCUT2D eigenvalue weighted by atomic mass is 19.1. The number of hydrogen-bond acceptors (Lipinski definition) is 5. The van der Waals surface area contributed by atoms with Crippen LogP contribution in [-0.4, -0.2) is 66.8 Å². The van der Waals surface area contributed by atoms with Crippen molar-refractivity contribution in [2.24, 2.45) is 0 Å². The number of rotatable bonds is 12. The van der Waals surface area contributed by atoms with Gasteiger partial charge in [-0.15, -0.1) is 6.42 Å². The van der Waals surface area contributed by atoms with Gasteiger partial charge in [0.15, 0.2) is 0 Å². The normalized spacial score (nSPS) is 18.2. The number of aliphatic hydroxyl groups is 1. The number of halogens is 2. The number of amides is 2. The summed E-state index contributed by atoms with van der Waals surface area (Å²) in [5.74, 6) is 0.471. The molecule has 1 aliphatic heterocycles. The molecule has 1 saturated carbocycles. The van der Waals surface area contributed by atoms with E-state index in [2.05, 4.69) is 16.6 Å². The Labute approximate surface area is 263 Å². The molecular formula is C36H39F2N3O4. The minimum Gasteiger partial charge on any atom is -0.390 e. The van der Waals surface area contributed by atoms with Crippen molar-refractivity contribution >= 4 is 11.8 Å². The lowest BCUT2D eigenvalue weighted by Crippen LogP contribution is -2.50. The van der Waals surface area contributed by atoms with Crippen molar-refractivity contribution in [3.63, 3.8) is 0 Å². The highest BCUT2D eigenvalue weighted by molar-refractivity contribution is 6.00. The molecule has 3 aromatic rings. The van der Waals surface area contributed by atoms with E-state index in [1.54, 1.807) is 37.1 Å². The van der Waals surface area contributed by atoms with Gasteiger partial charge in [-0.1, -0.05) is 18.1 Å². The summed E-state index contributed by atoms with van der Waals surface area (Å²) in [6, 6.07) is 14.9. The van der Waals surface area contributed by atoms with Gasteiger partial charge in [0.2, 0.25) is 0 Å². The van der Waals surface area contributed by atoms with Gasteiger partial charge in [0, 0.05) is 48.5 Å². The third-order valence-electron chi connectivity index (χ3n) is 8.72. The van der Waals surface area contributed by atoms with Crippen molar-refractivity contribution in [1.29, 1.82) is 0 Å². The van der Waals surface area contributed by atoms with Gasteiger partial charge in [-0.3, -0.25) is 9.59 Å². The number of carbonyl (C=O) groups excluding carboxylic acids is 2. The summed E-state index contributed by atoms with van der Waals surface area (Å²) in [6.45, 7) is 2.97. The number of terminal acetylenes is 1. The number of benzene rings is 3. The Morgan fingerprint density at radius 3 is 2.53 bits per heavy atom. The zero-order valence-electron chi connectivity index (χ0n) is 25.6. The lowest BCUT2D eigenvalue weighted by Gasteiger charge is -2.28. The molecule has 45 heavy (non-hydrogen) atoms. The number of nitrogens with zero attached hydrogens (tertiary/aromatic N) is 1. The van der Waals surface area contributed by atoms with Crippen molar-refractivity contribution < 1.29 is 28.2 Å². The number of carbonyl (C=O) groups is 2. The van der Waals surface area contributed by atoms with E-state index in [0.29, 0.717) is 18.7 Å². The van der Waals surface area contributed by atoms with Crippen LogP contribution >= 0.6 is 0 Å². The third kappa shape index (κ3) is 7.77. The Morgan fingerprint density at radius 2 is 1.84 bits per heavy atom. The number of ether oxygens (including phenoxy) is 1. The predicted molar refractivity (Wildman–Crippen MR) is 168 cm³/mol. The molecule has 0 aromatic heterocycles. The summed E-state index contributed by atoms with van der Waals surface area (Å²) in [6.07, 6.45) is 7.88. The van der Waals surface area contributed by atoms with Crippen LogP contribution in [0, 0.1) is 30.9 Å². The molecule has 7 nitrogen and oxygen atoms in total. The number of methoxy groups -OCH3 is 1. The molecular weight excluding hydrogens is 576 g/mol. The molecule has 5 rings (SSSR count). The standard InChI is InChI=1S/C36H39F2N3O4/c1-4-24-7-5-8-28(15-24)36(10-11-36)39-21-33(42)32(18-25-16-29(37)20-30(38)17-25)40-34(43)26-13-23(2)14-27(19-26)35(44)41-12-6-9-31(41)22-45-3/h1,5,7-8,13-17,19-20,31-33,39,42H,6,9-12,18,21-22H2,2-3H3,(H,40,43)/t31-,32+,33+/m1/s1.